The number of esters is 1. The molecule has 0 fully saturated rings. The zero-order valence-electron chi connectivity index (χ0n) is 22.1. The Hall–Kier alpha value is -3.74. The Morgan fingerprint density at radius 1 is 0.973 bits per heavy atom. The molecule has 196 valence electrons. The van der Waals surface area contributed by atoms with Gasteiger partial charge in [0.15, 0.2) is 0 Å². The van der Waals surface area contributed by atoms with Gasteiger partial charge < -0.3 is 24.1 Å². The number of fused-ring (bicyclic) bond motifs is 3. The van der Waals surface area contributed by atoms with Gasteiger partial charge >= 0.3 is 5.97 Å². The summed E-state index contributed by atoms with van der Waals surface area (Å²) in [7, 11) is 4.63. The molecule has 1 aromatic heterocycles. The minimum atomic E-state index is -0.619. The van der Waals surface area contributed by atoms with Crippen LogP contribution in [0.4, 0.5) is 0 Å². The van der Waals surface area contributed by atoms with Crippen molar-refractivity contribution in [1.29, 1.82) is 0 Å². The Labute approximate surface area is 218 Å². The summed E-state index contributed by atoms with van der Waals surface area (Å²) in [6, 6.07) is 15.9. The molecule has 7 heteroatoms. The van der Waals surface area contributed by atoms with Crippen molar-refractivity contribution in [1.82, 2.24) is 9.88 Å². The van der Waals surface area contributed by atoms with E-state index in [1.54, 1.807) is 14.2 Å². The van der Waals surface area contributed by atoms with Crippen LogP contribution in [0.5, 0.6) is 11.5 Å². The highest BCUT2D eigenvalue weighted by Gasteiger charge is 2.25. The van der Waals surface area contributed by atoms with Crippen molar-refractivity contribution >= 4 is 11.9 Å². The number of hydrogen-bond acceptors (Lipinski definition) is 5. The molecule has 7 nitrogen and oxygen atoms in total. The minimum Gasteiger partial charge on any atom is -0.497 e. The van der Waals surface area contributed by atoms with Crippen molar-refractivity contribution in [2.75, 3.05) is 21.3 Å². The predicted molar refractivity (Wildman–Crippen MR) is 144 cm³/mol. The van der Waals surface area contributed by atoms with Crippen LogP contribution in [-0.2, 0) is 33.6 Å². The molecule has 1 amide bonds. The molecule has 1 aliphatic carbocycles. The van der Waals surface area contributed by atoms with E-state index in [1.165, 1.54) is 23.8 Å². The van der Waals surface area contributed by atoms with Gasteiger partial charge in [-0.3, -0.25) is 4.79 Å². The molecule has 0 aliphatic heterocycles. The Bertz CT molecular complexity index is 1240. The van der Waals surface area contributed by atoms with Crippen molar-refractivity contribution < 1.29 is 23.8 Å². The van der Waals surface area contributed by atoms with E-state index in [9.17, 15) is 9.59 Å². The predicted octanol–water partition coefficient (Wildman–Crippen LogP) is 5.04. The lowest BCUT2D eigenvalue weighted by molar-refractivity contribution is -0.145. The van der Waals surface area contributed by atoms with E-state index < -0.39 is 12.0 Å². The molecular weight excluding hydrogens is 468 g/mol. The minimum absolute atomic E-state index is 0.166. The van der Waals surface area contributed by atoms with E-state index in [0.29, 0.717) is 24.3 Å². The molecule has 1 heterocycles. The molecule has 0 spiro atoms. The summed E-state index contributed by atoms with van der Waals surface area (Å²) in [5, 5.41) is 2.88. The zero-order valence-corrected chi connectivity index (χ0v) is 22.1. The summed E-state index contributed by atoms with van der Waals surface area (Å²) in [5.41, 5.74) is 6.85. The number of methoxy groups -OCH3 is 3. The van der Waals surface area contributed by atoms with Gasteiger partial charge in [0.2, 0.25) is 5.91 Å². The molecule has 3 aromatic rings. The first-order valence-corrected chi connectivity index (χ1v) is 12.9. The number of nitrogens with one attached hydrogen (secondary N) is 1. The topological polar surface area (TPSA) is 78.8 Å². The first-order chi connectivity index (χ1) is 18.0. The maximum absolute atomic E-state index is 12.9. The Balaban J connectivity index is 1.69. The van der Waals surface area contributed by atoms with Crippen molar-refractivity contribution in [2.45, 2.75) is 57.9 Å². The van der Waals surface area contributed by atoms with E-state index in [4.69, 9.17) is 14.2 Å². The van der Waals surface area contributed by atoms with Crippen LogP contribution < -0.4 is 14.8 Å². The molecule has 1 N–H and O–H groups in total. The van der Waals surface area contributed by atoms with Crippen LogP contribution in [0.15, 0.2) is 48.5 Å². The van der Waals surface area contributed by atoms with E-state index >= 15 is 0 Å². The second-order valence-electron chi connectivity index (χ2n) is 9.36. The van der Waals surface area contributed by atoms with Gasteiger partial charge in [-0.1, -0.05) is 44.0 Å². The summed E-state index contributed by atoms with van der Waals surface area (Å²) in [5.74, 6) is 0.824. The lowest BCUT2D eigenvalue weighted by atomic mass is 9.90. The maximum Gasteiger partial charge on any atom is 0.328 e. The SMILES string of the molecule is CCCC[C@@H](NC(=O)CCc1cc2c(n1-c1cc(OC)cc(OC)c1)-c1ccccc1CC2)C(=O)OC. The van der Waals surface area contributed by atoms with Crippen molar-refractivity contribution in [3.63, 3.8) is 0 Å². The third kappa shape index (κ3) is 5.82. The molecule has 1 aliphatic rings. The summed E-state index contributed by atoms with van der Waals surface area (Å²) >= 11 is 0. The number of benzene rings is 2. The second kappa shape index (κ2) is 12.0. The first kappa shape index (κ1) is 26.3. The van der Waals surface area contributed by atoms with Crippen molar-refractivity contribution in [3.8, 4) is 28.4 Å². The molecule has 0 unspecified atom stereocenters. The number of nitrogens with zero attached hydrogens (tertiary/aromatic N) is 1. The zero-order chi connectivity index (χ0) is 26.4. The lowest BCUT2D eigenvalue weighted by Crippen LogP contribution is -2.41. The monoisotopic (exact) mass is 504 g/mol. The number of unbranched alkanes of at least 4 members (excludes halogenated alkanes) is 1. The van der Waals surface area contributed by atoms with E-state index in [2.05, 4.69) is 47.1 Å². The van der Waals surface area contributed by atoms with Gasteiger partial charge in [0.05, 0.1) is 32.7 Å². The second-order valence-corrected chi connectivity index (χ2v) is 9.36. The van der Waals surface area contributed by atoms with Gasteiger partial charge in [0.25, 0.3) is 0 Å². The smallest absolute Gasteiger partial charge is 0.328 e. The number of hydrogen-bond donors (Lipinski definition) is 1. The molecule has 37 heavy (non-hydrogen) atoms. The quantitative estimate of drug-likeness (QED) is 0.370. The fourth-order valence-electron chi connectivity index (χ4n) is 5.05. The molecular formula is C30H36N2O5. The summed E-state index contributed by atoms with van der Waals surface area (Å²) < 4.78 is 18.2. The van der Waals surface area contributed by atoms with Gasteiger partial charge in [-0.05, 0) is 42.9 Å². The summed E-state index contributed by atoms with van der Waals surface area (Å²) in [6.45, 7) is 2.05. The highest BCUT2D eigenvalue weighted by Crippen LogP contribution is 2.39. The molecule has 4 rings (SSSR count). The van der Waals surface area contributed by atoms with Crippen LogP contribution in [0, 0.1) is 0 Å². The Morgan fingerprint density at radius 3 is 2.35 bits per heavy atom. The number of aryl methyl sites for hydroxylation is 3. The van der Waals surface area contributed by atoms with Crippen LogP contribution in [0.25, 0.3) is 16.9 Å². The van der Waals surface area contributed by atoms with Gasteiger partial charge in [-0.15, -0.1) is 0 Å². The van der Waals surface area contributed by atoms with E-state index in [-0.39, 0.29) is 12.3 Å². The summed E-state index contributed by atoms with van der Waals surface area (Å²) in [4.78, 5) is 25.1. The fraction of sp³-hybridized carbons (Fsp3) is 0.400. The largest absolute Gasteiger partial charge is 0.497 e. The molecule has 0 bridgehead atoms. The fourth-order valence-corrected chi connectivity index (χ4v) is 5.05. The number of rotatable bonds is 11. The average molecular weight is 505 g/mol. The normalized spacial score (nSPS) is 12.8. The average Bonchev–Trinajstić information content (AvgIpc) is 3.32. The lowest BCUT2D eigenvalue weighted by Gasteiger charge is -2.21. The van der Waals surface area contributed by atoms with E-state index in [1.807, 2.05) is 18.2 Å². The van der Waals surface area contributed by atoms with Crippen LogP contribution in [0.1, 0.15) is 49.4 Å². The number of amides is 1. The van der Waals surface area contributed by atoms with E-state index in [0.717, 1.165) is 42.8 Å². The third-order valence-electron chi connectivity index (χ3n) is 6.96. The first-order valence-electron chi connectivity index (χ1n) is 12.9. The van der Waals surface area contributed by atoms with Gasteiger partial charge in [0, 0.05) is 35.9 Å². The molecule has 0 radical (unpaired) electrons. The molecule has 1 atom stereocenters. The summed E-state index contributed by atoms with van der Waals surface area (Å²) in [6.07, 6.45) is 5.03. The number of ether oxygens (including phenoxy) is 3. The van der Waals surface area contributed by atoms with Gasteiger partial charge in [0.1, 0.15) is 17.5 Å². The molecule has 2 aromatic carbocycles. The van der Waals surface area contributed by atoms with Crippen LogP contribution >= 0.6 is 0 Å². The highest BCUT2D eigenvalue weighted by atomic mass is 16.5. The van der Waals surface area contributed by atoms with Gasteiger partial charge in [-0.25, -0.2) is 4.79 Å². The Kier molecular flexibility index (Phi) is 8.54. The van der Waals surface area contributed by atoms with Crippen molar-refractivity contribution in [2.24, 2.45) is 0 Å². The standard InChI is InChI=1S/C30H36N2O5/c1-5-6-11-27(30(34)37-4)31-28(33)15-14-22-16-21-13-12-20-9-7-8-10-26(20)29(21)32(22)23-17-24(35-2)19-25(18-23)36-3/h7-10,16-19,27H,5-6,11-15H2,1-4H3,(H,31,33)/t27-/m1/s1. The van der Waals surface area contributed by atoms with Gasteiger partial charge in [-0.2, -0.15) is 0 Å². The highest BCUT2D eigenvalue weighted by molar-refractivity contribution is 5.84. The number of carbonyl (C=O) groups is 2. The number of aromatic nitrogens is 1. The number of carbonyl (C=O) groups excluding carboxylic acids is 2. The third-order valence-corrected chi connectivity index (χ3v) is 6.96. The van der Waals surface area contributed by atoms with Crippen LogP contribution in [-0.4, -0.2) is 43.8 Å². The molecule has 0 saturated carbocycles. The van der Waals surface area contributed by atoms with Crippen LogP contribution in [0.2, 0.25) is 0 Å². The van der Waals surface area contributed by atoms with Crippen molar-refractivity contribution in [3.05, 3.63) is 65.4 Å². The van der Waals surface area contributed by atoms with Crippen LogP contribution in [0.3, 0.4) is 0 Å². The maximum atomic E-state index is 12.9. The Morgan fingerprint density at radius 2 is 1.68 bits per heavy atom. The molecule has 0 saturated heterocycles.